The van der Waals surface area contributed by atoms with Gasteiger partial charge in [-0.25, -0.2) is 4.68 Å². The average molecular weight is 379 g/mol. The maximum atomic E-state index is 13.2. The lowest BCUT2D eigenvalue weighted by molar-refractivity contribution is -0.914. The molecule has 3 heterocycles. The van der Waals surface area contributed by atoms with Crippen LogP contribution in [0.25, 0.3) is 10.9 Å². The van der Waals surface area contributed by atoms with Gasteiger partial charge in [-0.2, -0.15) is 0 Å². The van der Waals surface area contributed by atoms with Crippen molar-refractivity contribution in [3.05, 3.63) is 51.6 Å². The van der Waals surface area contributed by atoms with Crippen molar-refractivity contribution in [2.45, 2.75) is 57.5 Å². The second kappa shape index (κ2) is 7.13. The Balaban J connectivity index is 1.67. The Bertz CT molecular complexity index is 1040. The lowest BCUT2D eigenvalue weighted by Crippen LogP contribution is -3.10. The molecule has 1 saturated heterocycles. The summed E-state index contributed by atoms with van der Waals surface area (Å²) >= 11 is 0. The number of aryl methyl sites for hydroxylation is 1. The Labute approximate surface area is 163 Å². The van der Waals surface area contributed by atoms with Gasteiger partial charge in [0.25, 0.3) is 5.56 Å². The molecule has 2 N–H and O–H groups in total. The first-order chi connectivity index (χ1) is 13.7. The Morgan fingerprint density at radius 3 is 2.75 bits per heavy atom. The van der Waals surface area contributed by atoms with Crippen molar-refractivity contribution in [2.75, 3.05) is 13.1 Å². The van der Waals surface area contributed by atoms with Gasteiger partial charge in [-0.05, 0) is 47.2 Å². The molecule has 146 valence electrons. The van der Waals surface area contributed by atoms with Gasteiger partial charge in [0.15, 0.2) is 6.04 Å². The maximum absolute atomic E-state index is 13.2. The molecule has 2 aromatic heterocycles. The topological polar surface area (TPSA) is 80.9 Å². The molecule has 1 aromatic carbocycles. The zero-order chi connectivity index (χ0) is 19.1. The highest BCUT2D eigenvalue weighted by Crippen LogP contribution is 2.31. The van der Waals surface area contributed by atoms with Crippen molar-refractivity contribution in [1.29, 1.82) is 0 Å². The van der Waals surface area contributed by atoms with Crippen molar-refractivity contribution in [3.63, 3.8) is 0 Å². The number of nitrogens with one attached hydrogen (secondary N) is 2. The summed E-state index contributed by atoms with van der Waals surface area (Å²) in [6.07, 6.45) is 7.05. The summed E-state index contributed by atoms with van der Waals surface area (Å²) in [6.45, 7) is 4.13. The van der Waals surface area contributed by atoms with Gasteiger partial charge in [-0.3, -0.25) is 4.79 Å². The van der Waals surface area contributed by atoms with Gasteiger partial charge >= 0.3 is 0 Å². The van der Waals surface area contributed by atoms with Crippen LogP contribution in [0.2, 0.25) is 0 Å². The van der Waals surface area contributed by atoms with Gasteiger partial charge in [0.2, 0.25) is 5.82 Å². The number of benzene rings is 1. The van der Waals surface area contributed by atoms with Gasteiger partial charge in [0.1, 0.15) is 0 Å². The smallest absolute Gasteiger partial charge is 0.258 e. The van der Waals surface area contributed by atoms with Crippen LogP contribution in [-0.4, -0.2) is 38.3 Å². The van der Waals surface area contributed by atoms with E-state index < -0.39 is 0 Å². The molecule has 0 unspecified atom stereocenters. The zero-order valence-corrected chi connectivity index (χ0v) is 16.3. The van der Waals surface area contributed by atoms with Crippen LogP contribution in [0.3, 0.4) is 0 Å². The fourth-order valence-electron chi connectivity index (χ4n) is 5.07. The van der Waals surface area contributed by atoms with Gasteiger partial charge in [0, 0.05) is 12.8 Å². The molecule has 0 radical (unpaired) electrons. The molecule has 1 aliphatic heterocycles. The van der Waals surface area contributed by atoms with Crippen molar-refractivity contribution in [1.82, 2.24) is 25.2 Å². The van der Waals surface area contributed by atoms with Crippen LogP contribution in [0, 0.1) is 6.92 Å². The number of hydrogen-bond donors (Lipinski definition) is 2. The second-order valence-electron chi connectivity index (χ2n) is 8.31. The fourth-order valence-corrected chi connectivity index (χ4v) is 5.07. The van der Waals surface area contributed by atoms with Crippen LogP contribution in [0.15, 0.2) is 29.1 Å². The quantitative estimate of drug-likeness (QED) is 0.723. The highest BCUT2D eigenvalue weighted by atomic mass is 16.1. The third-order valence-corrected chi connectivity index (χ3v) is 6.53. The number of hydrogen-bond acceptors (Lipinski definition) is 4. The number of aromatic amines is 1. The molecule has 1 atom stereocenters. The predicted molar refractivity (Wildman–Crippen MR) is 106 cm³/mol. The minimum Gasteiger partial charge on any atom is -0.322 e. The Morgan fingerprint density at radius 1 is 1.18 bits per heavy atom. The fraction of sp³-hybridized carbons (Fsp3) is 0.524. The van der Waals surface area contributed by atoms with Crippen LogP contribution in [0.5, 0.6) is 0 Å². The predicted octanol–water partition coefficient (Wildman–Crippen LogP) is 1.71. The number of para-hydroxylation sites is 1. The first kappa shape index (κ1) is 17.6. The number of quaternary nitrogens is 1. The van der Waals surface area contributed by atoms with E-state index in [0.717, 1.165) is 53.8 Å². The summed E-state index contributed by atoms with van der Waals surface area (Å²) in [7, 11) is 0. The Kier molecular flexibility index (Phi) is 4.47. The third-order valence-electron chi connectivity index (χ3n) is 6.53. The van der Waals surface area contributed by atoms with Gasteiger partial charge in [0.05, 0.1) is 30.2 Å². The van der Waals surface area contributed by atoms with Crippen LogP contribution >= 0.6 is 0 Å². The molecule has 0 spiro atoms. The summed E-state index contributed by atoms with van der Waals surface area (Å²) in [4.78, 5) is 17.7. The van der Waals surface area contributed by atoms with E-state index in [-0.39, 0.29) is 11.6 Å². The SMILES string of the molecule is Cc1cccc2cc([C@@H](c3nnnn3C3CCCC3)[NH+]3CCCC3)c(=O)[nH]c12. The molecule has 28 heavy (non-hydrogen) atoms. The molecule has 2 aliphatic rings. The molecule has 1 aliphatic carbocycles. The first-order valence-electron chi connectivity index (χ1n) is 10.5. The Hall–Kier alpha value is -2.54. The van der Waals surface area contributed by atoms with E-state index in [4.69, 9.17) is 0 Å². The number of rotatable bonds is 4. The van der Waals surface area contributed by atoms with E-state index in [2.05, 4.69) is 32.6 Å². The number of likely N-dealkylation sites (tertiary alicyclic amines) is 1. The molecule has 0 bridgehead atoms. The van der Waals surface area contributed by atoms with Crippen LogP contribution in [0.4, 0.5) is 0 Å². The molecule has 1 saturated carbocycles. The zero-order valence-electron chi connectivity index (χ0n) is 16.3. The standard InChI is InChI=1S/C21H26N6O/c1-14-7-6-8-15-13-17(21(28)22-18(14)15)19(26-11-4-5-12-26)20-23-24-25-27(20)16-9-2-3-10-16/h6-8,13,16,19H,2-5,9-12H2,1H3,(H,22,28)/p+1/t19-/m0/s1. The summed E-state index contributed by atoms with van der Waals surface area (Å²) in [6, 6.07) is 8.44. The third kappa shape index (κ3) is 2.94. The molecule has 0 amide bonds. The number of pyridine rings is 1. The molecule has 3 aromatic rings. The van der Waals surface area contributed by atoms with E-state index in [9.17, 15) is 4.79 Å². The molecular weight excluding hydrogens is 352 g/mol. The molecular formula is C21H27N6O+. The minimum absolute atomic E-state index is 0.0211. The van der Waals surface area contributed by atoms with Gasteiger partial charge in [-0.15, -0.1) is 5.10 Å². The lowest BCUT2D eigenvalue weighted by Gasteiger charge is -2.25. The Morgan fingerprint density at radius 2 is 1.96 bits per heavy atom. The van der Waals surface area contributed by atoms with Gasteiger partial charge < -0.3 is 9.88 Å². The van der Waals surface area contributed by atoms with Crippen molar-refractivity contribution in [2.24, 2.45) is 0 Å². The summed E-state index contributed by atoms with van der Waals surface area (Å²) < 4.78 is 2.02. The van der Waals surface area contributed by atoms with E-state index in [1.54, 1.807) is 0 Å². The van der Waals surface area contributed by atoms with Crippen LogP contribution in [-0.2, 0) is 0 Å². The number of fused-ring (bicyclic) bond motifs is 1. The largest absolute Gasteiger partial charge is 0.322 e. The maximum Gasteiger partial charge on any atom is 0.258 e. The highest BCUT2D eigenvalue weighted by molar-refractivity contribution is 5.82. The van der Waals surface area contributed by atoms with Crippen molar-refractivity contribution >= 4 is 10.9 Å². The molecule has 7 nitrogen and oxygen atoms in total. The van der Waals surface area contributed by atoms with E-state index in [0.29, 0.717) is 6.04 Å². The van der Waals surface area contributed by atoms with Crippen molar-refractivity contribution < 1.29 is 4.90 Å². The molecule has 7 heteroatoms. The monoisotopic (exact) mass is 379 g/mol. The van der Waals surface area contributed by atoms with Gasteiger partial charge in [-0.1, -0.05) is 31.0 Å². The number of tetrazole rings is 1. The second-order valence-corrected chi connectivity index (χ2v) is 8.31. The van der Waals surface area contributed by atoms with Crippen LogP contribution < -0.4 is 10.5 Å². The summed E-state index contributed by atoms with van der Waals surface area (Å²) in [5.74, 6) is 0.848. The summed E-state index contributed by atoms with van der Waals surface area (Å²) in [5, 5.41) is 13.9. The minimum atomic E-state index is -0.119. The van der Waals surface area contributed by atoms with E-state index in [1.165, 1.54) is 30.6 Å². The van der Waals surface area contributed by atoms with E-state index >= 15 is 0 Å². The number of nitrogens with zero attached hydrogens (tertiary/aromatic N) is 4. The van der Waals surface area contributed by atoms with Crippen LogP contribution in [0.1, 0.15) is 67.6 Å². The molecule has 2 fully saturated rings. The number of aromatic nitrogens is 5. The van der Waals surface area contributed by atoms with E-state index in [1.807, 2.05) is 23.7 Å². The first-order valence-corrected chi connectivity index (χ1v) is 10.5. The number of H-pyrrole nitrogens is 1. The normalized spacial score (nSPS) is 19.6. The summed E-state index contributed by atoms with van der Waals surface area (Å²) in [5.41, 5.74) is 2.76. The highest BCUT2D eigenvalue weighted by Gasteiger charge is 2.37. The lowest BCUT2D eigenvalue weighted by atomic mass is 10.0. The molecule has 5 rings (SSSR count). The average Bonchev–Trinajstić information content (AvgIpc) is 3.46. The van der Waals surface area contributed by atoms with Crippen molar-refractivity contribution in [3.8, 4) is 0 Å².